The van der Waals surface area contributed by atoms with Crippen LogP contribution >= 0.6 is 11.8 Å². The van der Waals surface area contributed by atoms with Gasteiger partial charge in [-0.05, 0) is 24.3 Å². The summed E-state index contributed by atoms with van der Waals surface area (Å²) >= 11 is 1.53. The van der Waals surface area contributed by atoms with Crippen LogP contribution in [-0.4, -0.2) is 41.3 Å². The van der Waals surface area contributed by atoms with E-state index in [9.17, 15) is 13.2 Å². The van der Waals surface area contributed by atoms with Crippen LogP contribution < -0.4 is 5.32 Å². The molecule has 3 rings (SSSR count). The van der Waals surface area contributed by atoms with Crippen LogP contribution in [0, 0.1) is 0 Å². The Morgan fingerprint density at radius 2 is 1.96 bits per heavy atom. The zero-order valence-electron chi connectivity index (χ0n) is 14.3. The number of carbonyl (C=O) groups excluding carboxylic acids is 1. The summed E-state index contributed by atoms with van der Waals surface area (Å²) in [4.78, 5) is 17.8. The van der Waals surface area contributed by atoms with Crippen molar-refractivity contribution in [2.75, 3.05) is 18.2 Å². The first-order valence-corrected chi connectivity index (χ1v) is 10.3. The molecule has 0 unspecified atom stereocenters. The van der Waals surface area contributed by atoms with Crippen LogP contribution in [0.4, 0.5) is 10.6 Å². The molecule has 0 saturated heterocycles. The number of benzene rings is 1. The number of amides is 1. The van der Waals surface area contributed by atoms with Gasteiger partial charge in [0.15, 0.2) is 5.82 Å². The average Bonchev–Trinajstić information content (AvgIpc) is 2.96. The lowest BCUT2D eigenvalue weighted by atomic mass is 10.3. The first-order chi connectivity index (χ1) is 12.9. The van der Waals surface area contributed by atoms with Crippen LogP contribution in [-0.2, 0) is 21.3 Å². The summed E-state index contributed by atoms with van der Waals surface area (Å²) in [5.74, 6) is -0.306. The number of rotatable bonds is 6. The van der Waals surface area contributed by atoms with Gasteiger partial charge in [-0.2, -0.15) is 8.42 Å². The number of hydrogen-bond acceptors (Lipinski definition) is 6. The molecule has 0 fully saturated rings. The smallest absolute Gasteiger partial charge is 0.412 e. The molecule has 3 aromatic rings. The molecule has 1 aromatic carbocycles. The molecule has 8 nitrogen and oxygen atoms in total. The Morgan fingerprint density at radius 1 is 1.22 bits per heavy atom. The van der Waals surface area contributed by atoms with Gasteiger partial charge in [0, 0.05) is 22.4 Å². The summed E-state index contributed by atoms with van der Waals surface area (Å²) in [5.41, 5.74) is 0.979. The minimum absolute atomic E-state index is 0.0290. The Kier molecular flexibility index (Phi) is 5.68. The summed E-state index contributed by atoms with van der Waals surface area (Å²) in [6.45, 7) is 0. The standard InChI is InChI=1S/C17H17N3O5S2/c1-25-17(21)19-16-14(9-10-27(22,23)24)20-11-13(7-8-15(20)18-16)26-12-5-3-2-4-6-12/h2-8,11H,9-10H2,1H3,(H,19,21)(H,22,23,24). The fourth-order valence-electron chi connectivity index (χ4n) is 2.47. The number of pyridine rings is 1. The molecule has 0 radical (unpaired) electrons. The van der Waals surface area contributed by atoms with Gasteiger partial charge in [-0.25, -0.2) is 9.78 Å². The maximum atomic E-state index is 11.6. The highest BCUT2D eigenvalue weighted by molar-refractivity contribution is 7.99. The van der Waals surface area contributed by atoms with Crippen LogP contribution in [0.15, 0.2) is 58.5 Å². The van der Waals surface area contributed by atoms with Crippen molar-refractivity contribution < 1.29 is 22.5 Å². The van der Waals surface area contributed by atoms with E-state index in [1.165, 1.54) is 18.9 Å². The summed E-state index contributed by atoms with van der Waals surface area (Å²) in [6, 6.07) is 13.4. The molecule has 0 saturated carbocycles. The van der Waals surface area contributed by atoms with Gasteiger partial charge in [0.05, 0.1) is 18.6 Å². The van der Waals surface area contributed by atoms with Gasteiger partial charge in [0.1, 0.15) is 5.65 Å². The molecule has 2 aromatic heterocycles. The molecule has 0 spiro atoms. The topological polar surface area (TPSA) is 110 Å². The van der Waals surface area contributed by atoms with Gasteiger partial charge < -0.3 is 9.14 Å². The first kappa shape index (κ1) is 19.2. The van der Waals surface area contributed by atoms with Gasteiger partial charge in [0.2, 0.25) is 0 Å². The van der Waals surface area contributed by atoms with Crippen molar-refractivity contribution in [3.63, 3.8) is 0 Å². The highest BCUT2D eigenvalue weighted by Crippen LogP contribution is 2.29. The van der Waals surface area contributed by atoms with Crippen molar-refractivity contribution >= 4 is 39.4 Å². The number of anilines is 1. The molecule has 2 heterocycles. The van der Waals surface area contributed by atoms with Crippen molar-refractivity contribution in [1.82, 2.24) is 9.38 Å². The predicted molar refractivity (Wildman–Crippen MR) is 102 cm³/mol. The zero-order valence-corrected chi connectivity index (χ0v) is 16.0. The van der Waals surface area contributed by atoms with Crippen molar-refractivity contribution in [3.05, 3.63) is 54.4 Å². The second kappa shape index (κ2) is 7.99. The molecular formula is C17H17N3O5S2. The monoisotopic (exact) mass is 407 g/mol. The van der Waals surface area contributed by atoms with Gasteiger partial charge in [-0.1, -0.05) is 30.0 Å². The Labute approximate surface area is 160 Å². The minimum atomic E-state index is -4.17. The maximum absolute atomic E-state index is 11.6. The Bertz CT molecular complexity index is 1060. The van der Waals surface area contributed by atoms with Crippen LogP contribution in [0.2, 0.25) is 0 Å². The average molecular weight is 407 g/mol. The number of nitrogens with zero attached hydrogens (tertiary/aromatic N) is 2. The van der Waals surface area contributed by atoms with E-state index >= 15 is 0 Å². The fourth-order valence-corrected chi connectivity index (χ4v) is 3.78. The van der Waals surface area contributed by atoms with E-state index in [1.807, 2.05) is 42.6 Å². The molecule has 142 valence electrons. The third kappa shape index (κ3) is 5.00. The Balaban J connectivity index is 2.00. The largest absolute Gasteiger partial charge is 0.453 e. The normalized spacial score (nSPS) is 11.5. The molecule has 27 heavy (non-hydrogen) atoms. The van der Waals surface area contributed by atoms with Crippen molar-refractivity contribution in [2.45, 2.75) is 16.2 Å². The number of aryl methyl sites for hydroxylation is 1. The first-order valence-electron chi connectivity index (χ1n) is 7.90. The number of hydrogen-bond donors (Lipinski definition) is 2. The third-order valence-corrected chi connectivity index (χ3v) is 5.38. The Hall–Kier alpha value is -2.56. The number of imidazole rings is 1. The van der Waals surface area contributed by atoms with E-state index in [1.54, 1.807) is 10.5 Å². The highest BCUT2D eigenvalue weighted by atomic mass is 32.2. The minimum Gasteiger partial charge on any atom is -0.453 e. The van der Waals surface area contributed by atoms with Crippen molar-refractivity contribution in [2.24, 2.45) is 0 Å². The van der Waals surface area contributed by atoms with Gasteiger partial charge in [-0.3, -0.25) is 9.87 Å². The van der Waals surface area contributed by atoms with Crippen LogP contribution in [0.5, 0.6) is 0 Å². The summed E-state index contributed by atoms with van der Waals surface area (Å²) in [7, 11) is -2.95. The van der Waals surface area contributed by atoms with Crippen molar-refractivity contribution in [3.8, 4) is 0 Å². The molecule has 0 aliphatic carbocycles. The third-order valence-electron chi connectivity index (χ3n) is 3.67. The van der Waals surface area contributed by atoms with E-state index in [0.29, 0.717) is 11.3 Å². The Morgan fingerprint density at radius 3 is 2.63 bits per heavy atom. The number of ether oxygens (including phenoxy) is 1. The van der Waals surface area contributed by atoms with Crippen LogP contribution in [0.25, 0.3) is 5.65 Å². The van der Waals surface area contributed by atoms with E-state index in [-0.39, 0.29) is 12.2 Å². The molecule has 0 aliphatic rings. The summed E-state index contributed by atoms with van der Waals surface area (Å²) < 4.78 is 37.7. The van der Waals surface area contributed by atoms with E-state index < -0.39 is 22.0 Å². The van der Waals surface area contributed by atoms with Gasteiger partial charge in [0.25, 0.3) is 10.1 Å². The van der Waals surface area contributed by atoms with Gasteiger partial charge in [-0.15, -0.1) is 0 Å². The molecule has 10 heteroatoms. The molecular weight excluding hydrogens is 390 g/mol. The predicted octanol–water partition coefficient (Wildman–Crippen LogP) is 3.09. The molecule has 0 aliphatic heterocycles. The summed E-state index contributed by atoms with van der Waals surface area (Å²) in [5, 5.41) is 2.48. The highest BCUT2D eigenvalue weighted by Gasteiger charge is 2.18. The van der Waals surface area contributed by atoms with Crippen LogP contribution in [0.3, 0.4) is 0 Å². The number of fused-ring (bicyclic) bond motifs is 1. The number of methoxy groups -OCH3 is 1. The lowest BCUT2D eigenvalue weighted by Gasteiger charge is -2.07. The number of carbonyl (C=O) groups is 1. The molecule has 1 amide bonds. The van der Waals surface area contributed by atoms with E-state index in [0.717, 1.165) is 9.79 Å². The summed E-state index contributed by atoms with van der Waals surface area (Å²) in [6.07, 6.45) is 1.06. The fraction of sp³-hybridized carbons (Fsp3) is 0.176. The molecule has 0 atom stereocenters. The van der Waals surface area contributed by atoms with E-state index in [2.05, 4.69) is 15.0 Å². The second-order valence-corrected chi connectivity index (χ2v) is 8.29. The lowest BCUT2D eigenvalue weighted by Crippen LogP contribution is -2.15. The van der Waals surface area contributed by atoms with Crippen molar-refractivity contribution in [1.29, 1.82) is 0 Å². The lowest BCUT2D eigenvalue weighted by molar-refractivity contribution is 0.187. The van der Waals surface area contributed by atoms with E-state index in [4.69, 9.17) is 4.55 Å². The second-order valence-electron chi connectivity index (χ2n) is 5.57. The molecule has 0 bridgehead atoms. The maximum Gasteiger partial charge on any atom is 0.412 e. The SMILES string of the molecule is COC(=O)Nc1nc2ccc(Sc3ccccc3)cn2c1CCS(=O)(=O)O. The molecule has 2 N–H and O–H groups in total. The quantitative estimate of drug-likeness (QED) is 0.604. The number of aromatic nitrogens is 2. The van der Waals surface area contributed by atoms with Crippen LogP contribution in [0.1, 0.15) is 5.69 Å². The van der Waals surface area contributed by atoms with Gasteiger partial charge >= 0.3 is 6.09 Å². The number of nitrogens with one attached hydrogen (secondary N) is 1. The zero-order chi connectivity index (χ0) is 19.4.